The van der Waals surface area contributed by atoms with Crippen molar-refractivity contribution in [2.45, 2.75) is 79.1 Å². The number of carbonyl (C=O) groups is 1. The van der Waals surface area contributed by atoms with Crippen LogP contribution in [-0.4, -0.2) is 74.1 Å². The van der Waals surface area contributed by atoms with Crippen molar-refractivity contribution in [3.8, 4) is 0 Å². The Bertz CT molecular complexity index is 506. The molecule has 188 valence electrons. The maximum atomic E-state index is 11.4. The van der Waals surface area contributed by atoms with Gasteiger partial charge >= 0.3 is 5.97 Å². The van der Waals surface area contributed by atoms with Crippen molar-refractivity contribution < 1.29 is 34.0 Å². The molecule has 0 fully saturated rings. The second-order valence-corrected chi connectivity index (χ2v) is 7.31. The summed E-state index contributed by atoms with van der Waals surface area (Å²) in [6.45, 7) is 14.4. The molecule has 3 unspecified atom stereocenters. The topological polar surface area (TPSA) is 94.5 Å². The van der Waals surface area contributed by atoms with Crippen molar-refractivity contribution in [2.75, 3.05) is 39.6 Å². The average Bonchev–Trinajstić information content (AvgIpc) is 2.80. The maximum Gasteiger partial charge on any atom is 0.338 e. The molecule has 0 aliphatic carbocycles. The highest BCUT2D eigenvalue weighted by Crippen LogP contribution is 2.02. The van der Waals surface area contributed by atoms with Gasteiger partial charge in [0.15, 0.2) is 0 Å². The second kappa shape index (κ2) is 24.1. The molecule has 0 spiro atoms. The lowest BCUT2D eigenvalue weighted by atomic mass is 10.2. The molecule has 1 rings (SSSR count). The summed E-state index contributed by atoms with van der Waals surface area (Å²) in [4.78, 5) is 11.4. The summed E-state index contributed by atoms with van der Waals surface area (Å²) in [6, 6.07) is 9.09. The zero-order valence-electron chi connectivity index (χ0n) is 20.9. The largest absolute Gasteiger partial charge is 0.462 e. The molecule has 1 aromatic carbocycles. The van der Waals surface area contributed by atoms with Crippen molar-refractivity contribution in [1.82, 2.24) is 0 Å². The molecule has 7 heteroatoms. The normalized spacial score (nSPS) is 13.0. The van der Waals surface area contributed by atoms with Crippen LogP contribution in [0.4, 0.5) is 0 Å². The van der Waals surface area contributed by atoms with Crippen LogP contribution < -0.4 is 0 Å². The first-order chi connectivity index (χ1) is 15.3. The van der Waals surface area contributed by atoms with E-state index in [4.69, 9.17) is 29.2 Å². The maximum absolute atomic E-state index is 11.4. The van der Waals surface area contributed by atoms with E-state index in [1.807, 2.05) is 39.0 Å². The van der Waals surface area contributed by atoms with Gasteiger partial charge in [0, 0.05) is 13.2 Å². The van der Waals surface area contributed by atoms with E-state index in [-0.39, 0.29) is 24.8 Å². The minimum Gasteiger partial charge on any atom is -0.462 e. The van der Waals surface area contributed by atoms with E-state index in [0.29, 0.717) is 25.4 Å². The van der Waals surface area contributed by atoms with E-state index in [2.05, 4.69) is 6.92 Å². The molecule has 7 nitrogen and oxygen atoms in total. The number of rotatable bonds is 14. The molecule has 0 aliphatic rings. The lowest BCUT2D eigenvalue weighted by Crippen LogP contribution is -2.24. The SMILES string of the molecule is CC(O)COC(C)COC(C)CO.CCCCCOC(=O)c1ccccc1.CCOCC. The summed E-state index contributed by atoms with van der Waals surface area (Å²) in [5.74, 6) is -0.221. The van der Waals surface area contributed by atoms with Crippen molar-refractivity contribution in [1.29, 1.82) is 0 Å². The van der Waals surface area contributed by atoms with Crippen LogP contribution in [0.3, 0.4) is 0 Å². The summed E-state index contributed by atoms with van der Waals surface area (Å²) in [5, 5.41) is 17.6. The molecule has 2 N–H and O–H groups in total. The highest BCUT2D eigenvalue weighted by atomic mass is 16.5. The Morgan fingerprint density at radius 3 is 1.97 bits per heavy atom. The standard InChI is InChI=1S/C12H16O2.C9H20O4.C4H10O/c1-2-3-7-10-14-12(13)11-8-5-4-6-9-11;1-7(11)5-12-9(3)6-13-8(2)4-10;1-3-5-4-2/h4-6,8-9H,2-3,7,10H2,1H3;7-11H,4-6H2,1-3H3;3-4H2,1-2H3. The first kappa shape index (κ1) is 32.7. The number of carbonyl (C=O) groups excluding carboxylic acids is 1. The van der Waals surface area contributed by atoms with E-state index >= 15 is 0 Å². The summed E-state index contributed by atoms with van der Waals surface area (Å²) in [6.07, 6.45) is 2.55. The van der Waals surface area contributed by atoms with E-state index < -0.39 is 6.10 Å². The first-order valence-electron chi connectivity index (χ1n) is 11.6. The summed E-state index contributed by atoms with van der Waals surface area (Å²) < 4.78 is 20.4. The predicted molar refractivity (Wildman–Crippen MR) is 128 cm³/mol. The van der Waals surface area contributed by atoms with E-state index in [9.17, 15) is 4.79 Å². The van der Waals surface area contributed by atoms with Crippen LogP contribution in [0.25, 0.3) is 0 Å². The van der Waals surface area contributed by atoms with E-state index in [1.165, 1.54) is 0 Å². The minimum atomic E-state index is -0.447. The molecule has 0 saturated heterocycles. The van der Waals surface area contributed by atoms with Crippen LogP contribution in [0.1, 0.15) is 71.2 Å². The van der Waals surface area contributed by atoms with Gasteiger partial charge in [0.2, 0.25) is 0 Å². The van der Waals surface area contributed by atoms with Gasteiger partial charge in [-0.1, -0.05) is 38.0 Å². The second-order valence-electron chi connectivity index (χ2n) is 7.31. The molecule has 0 amide bonds. The highest BCUT2D eigenvalue weighted by Gasteiger charge is 2.07. The van der Waals surface area contributed by atoms with Gasteiger partial charge in [0.1, 0.15) is 0 Å². The van der Waals surface area contributed by atoms with Crippen LogP contribution in [0.2, 0.25) is 0 Å². The number of ether oxygens (including phenoxy) is 4. The first-order valence-corrected chi connectivity index (χ1v) is 11.6. The lowest BCUT2D eigenvalue weighted by Gasteiger charge is -2.16. The van der Waals surface area contributed by atoms with Gasteiger partial charge in [-0.25, -0.2) is 4.79 Å². The molecule has 0 bridgehead atoms. The van der Waals surface area contributed by atoms with Crippen LogP contribution >= 0.6 is 0 Å². The predicted octanol–water partition coefficient (Wildman–Crippen LogP) is 4.25. The Kier molecular flexibility index (Phi) is 24.6. The fraction of sp³-hybridized carbons (Fsp3) is 0.720. The molecule has 0 radical (unpaired) electrons. The van der Waals surface area contributed by atoms with Crippen LogP contribution in [0.5, 0.6) is 0 Å². The molecular formula is C25H46O7. The third kappa shape index (κ3) is 23.2. The fourth-order valence-electron chi connectivity index (χ4n) is 2.08. The molecule has 3 atom stereocenters. The molecule has 32 heavy (non-hydrogen) atoms. The van der Waals surface area contributed by atoms with Crippen molar-refractivity contribution in [3.63, 3.8) is 0 Å². The number of unbranched alkanes of at least 4 members (excludes halogenated alkanes) is 2. The van der Waals surface area contributed by atoms with Crippen molar-refractivity contribution >= 4 is 5.97 Å². The molecule has 0 saturated carbocycles. The monoisotopic (exact) mass is 458 g/mol. The molecule has 1 aromatic rings. The number of aliphatic hydroxyl groups is 2. The average molecular weight is 459 g/mol. The van der Waals surface area contributed by atoms with Crippen molar-refractivity contribution in [2.24, 2.45) is 0 Å². The number of hydrogen-bond donors (Lipinski definition) is 2. The molecular weight excluding hydrogens is 412 g/mol. The van der Waals surface area contributed by atoms with Crippen molar-refractivity contribution in [3.05, 3.63) is 35.9 Å². The quantitative estimate of drug-likeness (QED) is 0.318. The lowest BCUT2D eigenvalue weighted by molar-refractivity contribution is -0.0620. The number of aliphatic hydroxyl groups excluding tert-OH is 2. The highest BCUT2D eigenvalue weighted by molar-refractivity contribution is 5.89. The molecule has 0 aliphatic heterocycles. The van der Waals surface area contributed by atoms with E-state index in [0.717, 1.165) is 32.5 Å². The van der Waals surface area contributed by atoms with Crippen LogP contribution in [0, 0.1) is 0 Å². The van der Waals surface area contributed by atoms with Gasteiger partial charge in [-0.15, -0.1) is 0 Å². The summed E-state index contributed by atoms with van der Waals surface area (Å²) >= 11 is 0. The number of esters is 1. The van der Waals surface area contributed by atoms with Gasteiger partial charge < -0.3 is 29.2 Å². The summed E-state index contributed by atoms with van der Waals surface area (Å²) in [7, 11) is 0. The number of benzene rings is 1. The summed E-state index contributed by atoms with van der Waals surface area (Å²) in [5.41, 5.74) is 0.629. The fourth-order valence-corrected chi connectivity index (χ4v) is 2.08. The Labute approximate surface area is 195 Å². The van der Waals surface area contributed by atoms with Gasteiger partial charge in [-0.05, 0) is 53.2 Å². The smallest absolute Gasteiger partial charge is 0.338 e. The third-order valence-electron chi connectivity index (χ3n) is 3.89. The Hall–Kier alpha value is -1.51. The third-order valence-corrected chi connectivity index (χ3v) is 3.89. The van der Waals surface area contributed by atoms with E-state index in [1.54, 1.807) is 26.0 Å². The Morgan fingerprint density at radius 1 is 0.906 bits per heavy atom. The van der Waals surface area contributed by atoms with Crippen LogP contribution in [0.15, 0.2) is 30.3 Å². The number of hydrogen-bond acceptors (Lipinski definition) is 7. The van der Waals surface area contributed by atoms with Crippen LogP contribution in [-0.2, 0) is 18.9 Å². The van der Waals surface area contributed by atoms with Gasteiger partial charge in [-0.2, -0.15) is 0 Å². The van der Waals surface area contributed by atoms with Gasteiger partial charge in [0.25, 0.3) is 0 Å². The zero-order valence-corrected chi connectivity index (χ0v) is 20.9. The zero-order chi connectivity index (χ0) is 24.6. The minimum absolute atomic E-state index is 0.0170. The Morgan fingerprint density at radius 2 is 1.50 bits per heavy atom. The molecule has 0 aromatic heterocycles. The van der Waals surface area contributed by atoms with Gasteiger partial charge in [-0.3, -0.25) is 0 Å². The van der Waals surface area contributed by atoms with Gasteiger partial charge in [0.05, 0.1) is 50.3 Å². The molecule has 0 heterocycles. The Balaban J connectivity index is 0.